The Balaban J connectivity index is 1.83. The first kappa shape index (κ1) is 19.3. The third-order valence-electron chi connectivity index (χ3n) is 3.90. The molecule has 0 spiro atoms. The fourth-order valence-electron chi connectivity index (χ4n) is 2.42. The van der Waals surface area contributed by atoms with Crippen LogP contribution >= 0.6 is 11.8 Å². The summed E-state index contributed by atoms with van der Waals surface area (Å²) in [4.78, 5) is 11.9. The number of nitrogens with one attached hydrogen (secondary N) is 2. The number of benzene rings is 2. The molecule has 134 valence electrons. The molecule has 0 saturated carbocycles. The van der Waals surface area contributed by atoms with Crippen molar-refractivity contribution in [3.63, 3.8) is 0 Å². The molecule has 0 radical (unpaired) electrons. The van der Waals surface area contributed by atoms with Crippen molar-refractivity contribution in [1.82, 2.24) is 10.6 Å². The van der Waals surface area contributed by atoms with E-state index in [2.05, 4.69) is 16.9 Å². The lowest BCUT2D eigenvalue weighted by Crippen LogP contribution is -2.42. The smallest absolute Gasteiger partial charge is 0.236 e. The Morgan fingerprint density at radius 1 is 1.08 bits per heavy atom. The molecular formula is C20H26N2O2S. The molecule has 0 aliphatic carbocycles. The molecule has 1 atom stereocenters. The summed E-state index contributed by atoms with van der Waals surface area (Å²) in [7, 11) is 1.68. The molecule has 0 saturated heterocycles. The van der Waals surface area contributed by atoms with E-state index in [1.807, 2.05) is 54.6 Å². The van der Waals surface area contributed by atoms with Gasteiger partial charge in [0, 0.05) is 13.6 Å². The van der Waals surface area contributed by atoms with Gasteiger partial charge in [-0.15, -0.1) is 0 Å². The molecule has 0 heterocycles. The van der Waals surface area contributed by atoms with Crippen LogP contribution < -0.4 is 15.4 Å². The van der Waals surface area contributed by atoms with E-state index in [-0.39, 0.29) is 11.9 Å². The van der Waals surface area contributed by atoms with Gasteiger partial charge in [0.05, 0.1) is 6.04 Å². The van der Waals surface area contributed by atoms with Crippen LogP contribution in [0.15, 0.2) is 54.6 Å². The predicted octanol–water partition coefficient (Wildman–Crippen LogP) is 3.22. The molecule has 0 aromatic heterocycles. The zero-order chi connectivity index (χ0) is 17.9. The SMILES string of the molecule is CNC(=O)[C@@H](CCSC)NCc1ccc(OCc2ccccc2)cc1. The minimum absolute atomic E-state index is 0.0388. The molecule has 0 unspecified atom stereocenters. The van der Waals surface area contributed by atoms with Crippen molar-refractivity contribution in [3.8, 4) is 5.75 Å². The fourth-order valence-corrected chi connectivity index (χ4v) is 2.89. The number of likely N-dealkylation sites (N-methyl/N-ethyl adjacent to an activating group) is 1. The molecule has 0 bridgehead atoms. The first-order valence-electron chi connectivity index (χ1n) is 8.42. The zero-order valence-corrected chi connectivity index (χ0v) is 15.6. The van der Waals surface area contributed by atoms with Crippen LogP contribution in [0.4, 0.5) is 0 Å². The normalized spacial score (nSPS) is 11.8. The Labute approximate surface area is 154 Å². The van der Waals surface area contributed by atoms with Crippen molar-refractivity contribution in [2.45, 2.75) is 25.6 Å². The molecule has 0 fully saturated rings. The summed E-state index contributed by atoms with van der Waals surface area (Å²) < 4.78 is 5.79. The maximum atomic E-state index is 11.9. The van der Waals surface area contributed by atoms with Gasteiger partial charge in [0.15, 0.2) is 0 Å². The van der Waals surface area contributed by atoms with Gasteiger partial charge in [0.1, 0.15) is 12.4 Å². The van der Waals surface area contributed by atoms with Gasteiger partial charge < -0.3 is 15.4 Å². The average Bonchev–Trinajstić information content (AvgIpc) is 2.67. The number of carbonyl (C=O) groups is 1. The third-order valence-corrected chi connectivity index (χ3v) is 4.54. The highest BCUT2D eigenvalue weighted by Crippen LogP contribution is 2.14. The predicted molar refractivity (Wildman–Crippen MR) is 105 cm³/mol. The maximum Gasteiger partial charge on any atom is 0.236 e. The number of hydrogen-bond donors (Lipinski definition) is 2. The average molecular weight is 359 g/mol. The molecule has 25 heavy (non-hydrogen) atoms. The monoisotopic (exact) mass is 358 g/mol. The van der Waals surface area contributed by atoms with E-state index in [0.717, 1.165) is 29.1 Å². The van der Waals surface area contributed by atoms with Crippen molar-refractivity contribution in [1.29, 1.82) is 0 Å². The zero-order valence-electron chi connectivity index (χ0n) is 14.8. The highest BCUT2D eigenvalue weighted by atomic mass is 32.2. The summed E-state index contributed by atoms with van der Waals surface area (Å²) in [6, 6.07) is 17.9. The van der Waals surface area contributed by atoms with E-state index >= 15 is 0 Å². The van der Waals surface area contributed by atoms with E-state index in [0.29, 0.717) is 13.2 Å². The molecule has 5 heteroatoms. The molecule has 0 aliphatic rings. The molecule has 2 N–H and O–H groups in total. The summed E-state index contributed by atoms with van der Waals surface area (Å²) in [5.74, 6) is 1.84. The van der Waals surface area contributed by atoms with Crippen LogP contribution in [0.5, 0.6) is 5.75 Å². The first-order valence-corrected chi connectivity index (χ1v) is 9.82. The lowest BCUT2D eigenvalue weighted by Gasteiger charge is -2.17. The number of ether oxygens (including phenoxy) is 1. The molecule has 4 nitrogen and oxygen atoms in total. The second kappa shape index (κ2) is 10.8. The van der Waals surface area contributed by atoms with Crippen molar-refractivity contribution in [2.24, 2.45) is 0 Å². The minimum atomic E-state index is -0.161. The second-order valence-corrected chi connectivity index (χ2v) is 6.73. The van der Waals surface area contributed by atoms with Gasteiger partial charge in [0.25, 0.3) is 0 Å². The van der Waals surface area contributed by atoms with Crippen LogP contribution in [0, 0.1) is 0 Å². The molecule has 1 amide bonds. The Morgan fingerprint density at radius 3 is 2.44 bits per heavy atom. The van der Waals surface area contributed by atoms with Crippen molar-refractivity contribution in [2.75, 3.05) is 19.1 Å². The van der Waals surface area contributed by atoms with Gasteiger partial charge >= 0.3 is 0 Å². The summed E-state index contributed by atoms with van der Waals surface area (Å²) in [6.07, 6.45) is 2.87. The first-order chi connectivity index (χ1) is 12.2. The lowest BCUT2D eigenvalue weighted by molar-refractivity contribution is -0.122. The summed E-state index contributed by atoms with van der Waals surface area (Å²) in [5.41, 5.74) is 2.28. The Morgan fingerprint density at radius 2 is 1.80 bits per heavy atom. The van der Waals surface area contributed by atoms with Crippen LogP contribution in [0.2, 0.25) is 0 Å². The van der Waals surface area contributed by atoms with E-state index in [1.54, 1.807) is 18.8 Å². The number of thioether (sulfide) groups is 1. The van der Waals surface area contributed by atoms with Crippen molar-refractivity contribution >= 4 is 17.7 Å². The third kappa shape index (κ3) is 6.80. The van der Waals surface area contributed by atoms with Gasteiger partial charge in [-0.05, 0) is 41.7 Å². The molecule has 2 rings (SSSR count). The fraction of sp³-hybridized carbons (Fsp3) is 0.350. The summed E-state index contributed by atoms with van der Waals surface area (Å²) >= 11 is 1.75. The topological polar surface area (TPSA) is 50.4 Å². The molecule has 0 aliphatic heterocycles. The van der Waals surface area contributed by atoms with Crippen molar-refractivity contribution in [3.05, 3.63) is 65.7 Å². The van der Waals surface area contributed by atoms with Gasteiger partial charge in [-0.2, -0.15) is 11.8 Å². The largest absolute Gasteiger partial charge is 0.489 e. The summed E-state index contributed by atoms with van der Waals surface area (Å²) in [5, 5.41) is 6.05. The van der Waals surface area contributed by atoms with Crippen LogP contribution in [-0.4, -0.2) is 31.0 Å². The van der Waals surface area contributed by atoms with E-state index in [1.165, 1.54) is 0 Å². The van der Waals surface area contributed by atoms with Crippen LogP contribution in [0.1, 0.15) is 17.5 Å². The molecule has 2 aromatic rings. The van der Waals surface area contributed by atoms with E-state index in [9.17, 15) is 4.79 Å². The number of carbonyl (C=O) groups excluding carboxylic acids is 1. The Hall–Kier alpha value is -1.98. The van der Waals surface area contributed by atoms with Crippen LogP contribution in [0.3, 0.4) is 0 Å². The number of amides is 1. The number of hydrogen-bond acceptors (Lipinski definition) is 4. The summed E-state index contributed by atoms with van der Waals surface area (Å²) in [6.45, 7) is 1.22. The minimum Gasteiger partial charge on any atom is -0.489 e. The van der Waals surface area contributed by atoms with E-state index < -0.39 is 0 Å². The van der Waals surface area contributed by atoms with Gasteiger partial charge in [-0.3, -0.25) is 4.79 Å². The molecule has 2 aromatic carbocycles. The van der Waals surface area contributed by atoms with E-state index in [4.69, 9.17) is 4.74 Å². The van der Waals surface area contributed by atoms with Gasteiger partial charge in [-0.25, -0.2) is 0 Å². The maximum absolute atomic E-state index is 11.9. The lowest BCUT2D eigenvalue weighted by atomic mass is 10.1. The highest BCUT2D eigenvalue weighted by Gasteiger charge is 2.15. The van der Waals surface area contributed by atoms with Gasteiger partial charge in [-0.1, -0.05) is 42.5 Å². The van der Waals surface area contributed by atoms with Crippen LogP contribution in [-0.2, 0) is 17.9 Å². The Kier molecular flexibility index (Phi) is 8.35. The van der Waals surface area contributed by atoms with Crippen LogP contribution in [0.25, 0.3) is 0 Å². The standard InChI is InChI=1S/C20H26N2O2S/c1-21-20(23)19(12-13-25-2)22-14-16-8-10-18(11-9-16)24-15-17-6-4-3-5-7-17/h3-11,19,22H,12-15H2,1-2H3,(H,21,23)/t19-/m1/s1. The van der Waals surface area contributed by atoms with Crippen molar-refractivity contribution < 1.29 is 9.53 Å². The van der Waals surface area contributed by atoms with Gasteiger partial charge in [0.2, 0.25) is 5.91 Å². The highest BCUT2D eigenvalue weighted by molar-refractivity contribution is 7.98. The Bertz CT molecular complexity index is 632. The quantitative estimate of drug-likeness (QED) is 0.685. The molecular weight excluding hydrogens is 332 g/mol. The number of rotatable bonds is 10. The second-order valence-electron chi connectivity index (χ2n) is 5.75.